The van der Waals surface area contributed by atoms with Crippen LogP contribution in [0.1, 0.15) is 98.0 Å². The van der Waals surface area contributed by atoms with Crippen LogP contribution in [0.25, 0.3) is 0 Å². The lowest BCUT2D eigenvalue weighted by atomic mass is 9.82. The van der Waals surface area contributed by atoms with E-state index < -0.39 is 12.3 Å². The van der Waals surface area contributed by atoms with Crippen molar-refractivity contribution in [1.29, 1.82) is 0 Å². The van der Waals surface area contributed by atoms with Crippen molar-refractivity contribution in [3.8, 4) is 5.75 Å². The first kappa shape index (κ1) is 25.6. The van der Waals surface area contributed by atoms with E-state index in [0.717, 1.165) is 25.7 Å². The summed E-state index contributed by atoms with van der Waals surface area (Å²) in [4.78, 5) is 12.2. The van der Waals surface area contributed by atoms with Crippen LogP contribution in [0.5, 0.6) is 5.75 Å². The normalized spacial score (nSPS) is 16.7. The maximum Gasteiger partial charge on any atom is 0.173 e. The Balaban J connectivity index is 2.83. The molecule has 0 aliphatic carbocycles. The SMILES string of the molecule is CCCC(=O)C(CCC)Oc1ccc(C(C)C(C)CC(F)C(C)CCC)c(F)c1. The standard InChI is InChI=1S/C25H40F2O2/c1-7-10-17(4)22(26)15-18(5)19(6)21-14-13-20(16-23(21)27)29-25(12-9-3)24(28)11-8-2/h13-14,16-19,22,25H,7-12,15H2,1-6H3. The molecule has 166 valence electrons. The number of benzene rings is 1. The van der Waals surface area contributed by atoms with E-state index in [-0.39, 0.29) is 29.4 Å². The number of hydrogen-bond acceptors (Lipinski definition) is 2. The van der Waals surface area contributed by atoms with Crippen LogP contribution in [0.2, 0.25) is 0 Å². The smallest absolute Gasteiger partial charge is 0.173 e. The lowest BCUT2D eigenvalue weighted by Gasteiger charge is -2.25. The second kappa shape index (κ2) is 13.0. The average Bonchev–Trinajstić information content (AvgIpc) is 2.67. The van der Waals surface area contributed by atoms with E-state index in [9.17, 15) is 13.6 Å². The molecule has 0 saturated heterocycles. The fraction of sp³-hybridized carbons (Fsp3) is 0.720. The van der Waals surface area contributed by atoms with E-state index >= 15 is 0 Å². The molecule has 29 heavy (non-hydrogen) atoms. The number of carbonyl (C=O) groups excluding carboxylic acids is 1. The van der Waals surface area contributed by atoms with Crippen LogP contribution in [0.15, 0.2) is 18.2 Å². The van der Waals surface area contributed by atoms with Crippen molar-refractivity contribution in [3.05, 3.63) is 29.6 Å². The highest BCUT2D eigenvalue weighted by atomic mass is 19.1. The molecule has 4 heteroatoms. The van der Waals surface area contributed by atoms with Crippen LogP contribution in [0.4, 0.5) is 8.78 Å². The van der Waals surface area contributed by atoms with Crippen molar-refractivity contribution >= 4 is 5.78 Å². The molecule has 1 aromatic carbocycles. The number of alkyl halides is 1. The monoisotopic (exact) mass is 410 g/mol. The molecule has 5 unspecified atom stereocenters. The molecule has 1 aromatic rings. The van der Waals surface area contributed by atoms with E-state index in [0.29, 0.717) is 30.6 Å². The molecule has 2 nitrogen and oxygen atoms in total. The van der Waals surface area contributed by atoms with E-state index in [1.807, 2.05) is 34.6 Å². The minimum atomic E-state index is -0.863. The molecule has 0 spiro atoms. The van der Waals surface area contributed by atoms with E-state index in [2.05, 4.69) is 6.92 Å². The Morgan fingerprint density at radius 3 is 2.21 bits per heavy atom. The van der Waals surface area contributed by atoms with Crippen molar-refractivity contribution in [2.24, 2.45) is 11.8 Å². The quantitative estimate of drug-likeness (QED) is 0.315. The minimum Gasteiger partial charge on any atom is -0.483 e. The maximum absolute atomic E-state index is 14.8. The molecule has 5 atom stereocenters. The molecule has 1 rings (SSSR count). The van der Waals surface area contributed by atoms with Crippen molar-refractivity contribution in [3.63, 3.8) is 0 Å². The van der Waals surface area contributed by atoms with E-state index in [1.54, 1.807) is 12.1 Å². The molecular formula is C25H40F2O2. The number of ether oxygens (including phenoxy) is 1. The van der Waals surface area contributed by atoms with Gasteiger partial charge in [0, 0.05) is 12.5 Å². The average molecular weight is 411 g/mol. The summed E-state index contributed by atoms with van der Waals surface area (Å²) in [5, 5.41) is 0. The van der Waals surface area contributed by atoms with Gasteiger partial charge in [-0.1, -0.05) is 60.5 Å². The largest absolute Gasteiger partial charge is 0.483 e. The first-order valence-electron chi connectivity index (χ1n) is 11.4. The summed E-state index contributed by atoms with van der Waals surface area (Å²) in [5.74, 6) is 0.0715. The third kappa shape index (κ3) is 8.06. The number of hydrogen-bond donors (Lipinski definition) is 0. The predicted molar refractivity (Wildman–Crippen MR) is 117 cm³/mol. The van der Waals surface area contributed by atoms with Gasteiger partial charge in [-0.2, -0.15) is 0 Å². The number of carbonyl (C=O) groups is 1. The highest BCUT2D eigenvalue weighted by molar-refractivity contribution is 5.83. The second-order valence-electron chi connectivity index (χ2n) is 8.58. The molecule has 0 amide bonds. The van der Waals surface area contributed by atoms with Crippen molar-refractivity contribution in [2.45, 2.75) is 105 Å². The molecule has 0 heterocycles. The van der Waals surface area contributed by atoms with Gasteiger partial charge in [0.2, 0.25) is 0 Å². The van der Waals surface area contributed by atoms with Gasteiger partial charge in [0.05, 0.1) is 0 Å². The van der Waals surface area contributed by atoms with Crippen LogP contribution in [0, 0.1) is 17.7 Å². The third-order valence-corrected chi connectivity index (χ3v) is 5.96. The zero-order valence-corrected chi connectivity index (χ0v) is 19.1. The Kier molecular flexibility index (Phi) is 11.4. The van der Waals surface area contributed by atoms with Gasteiger partial charge in [-0.25, -0.2) is 8.78 Å². The van der Waals surface area contributed by atoms with Gasteiger partial charge in [0.25, 0.3) is 0 Å². The Bertz CT molecular complexity index is 617. The van der Waals surface area contributed by atoms with Crippen LogP contribution in [-0.2, 0) is 4.79 Å². The molecule has 0 radical (unpaired) electrons. The van der Waals surface area contributed by atoms with Crippen molar-refractivity contribution in [2.75, 3.05) is 0 Å². The number of Topliss-reactive ketones (excluding diaryl/α,β-unsaturated/α-hetero) is 1. The first-order chi connectivity index (χ1) is 13.7. The van der Waals surface area contributed by atoms with Crippen LogP contribution < -0.4 is 4.74 Å². The summed E-state index contributed by atoms with van der Waals surface area (Å²) in [5.41, 5.74) is 0.576. The highest BCUT2D eigenvalue weighted by Crippen LogP contribution is 2.33. The van der Waals surface area contributed by atoms with Gasteiger partial charge in [-0.3, -0.25) is 4.79 Å². The molecule has 0 saturated carbocycles. The van der Waals surface area contributed by atoms with Crippen LogP contribution >= 0.6 is 0 Å². The maximum atomic E-state index is 14.8. The number of ketones is 1. The lowest BCUT2D eigenvalue weighted by molar-refractivity contribution is -0.126. The molecule has 0 aromatic heterocycles. The van der Waals surface area contributed by atoms with Gasteiger partial charge in [-0.05, 0) is 55.1 Å². The molecule has 0 N–H and O–H groups in total. The lowest BCUT2D eigenvalue weighted by Crippen LogP contribution is -2.27. The summed E-state index contributed by atoms with van der Waals surface area (Å²) in [6, 6.07) is 4.82. The summed E-state index contributed by atoms with van der Waals surface area (Å²) >= 11 is 0. The van der Waals surface area contributed by atoms with Gasteiger partial charge in [-0.15, -0.1) is 0 Å². The minimum absolute atomic E-state index is 0.0320. The van der Waals surface area contributed by atoms with Gasteiger partial charge in [0.15, 0.2) is 11.9 Å². The van der Waals surface area contributed by atoms with Crippen molar-refractivity contribution in [1.82, 2.24) is 0 Å². The van der Waals surface area contributed by atoms with Gasteiger partial charge in [0.1, 0.15) is 17.7 Å². The summed E-state index contributed by atoms with van der Waals surface area (Å²) in [7, 11) is 0. The summed E-state index contributed by atoms with van der Waals surface area (Å²) in [6.07, 6.45) is 3.60. The van der Waals surface area contributed by atoms with E-state index in [1.165, 1.54) is 6.07 Å². The van der Waals surface area contributed by atoms with E-state index in [4.69, 9.17) is 4.74 Å². The molecule has 0 bridgehead atoms. The highest BCUT2D eigenvalue weighted by Gasteiger charge is 2.25. The Morgan fingerprint density at radius 1 is 1.00 bits per heavy atom. The molecule has 0 aliphatic rings. The Morgan fingerprint density at radius 2 is 1.66 bits per heavy atom. The first-order valence-corrected chi connectivity index (χ1v) is 11.4. The summed E-state index contributed by atoms with van der Waals surface area (Å²) in [6.45, 7) is 11.9. The second-order valence-corrected chi connectivity index (χ2v) is 8.58. The Hall–Kier alpha value is -1.45. The number of halogens is 2. The van der Waals surface area contributed by atoms with Crippen molar-refractivity contribution < 1.29 is 18.3 Å². The number of rotatable bonds is 14. The van der Waals surface area contributed by atoms with Crippen LogP contribution in [-0.4, -0.2) is 18.1 Å². The Labute approximate surface area is 176 Å². The van der Waals surface area contributed by atoms with Gasteiger partial charge >= 0.3 is 0 Å². The fourth-order valence-electron chi connectivity index (χ4n) is 3.80. The predicted octanol–water partition coefficient (Wildman–Crippen LogP) is 7.65. The zero-order chi connectivity index (χ0) is 22.0. The topological polar surface area (TPSA) is 26.3 Å². The molecule has 0 aliphatic heterocycles. The summed E-state index contributed by atoms with van der Waals surface area (Å²) < 4.78 is 35.1. The molecule has 0 fully saturated rings. The van der Waals surface area contributed by atoms with Gasteiger partial charge < -0.3 is 4.74 Å². The zero-order valence-electron chi connectivity index (χ0n) is 19.1. The van der Waals surface area contributed by atoms with Crippen LogP contribution in [0.3, 0.4) is 0 Å². The third-order valence-electron chi connectivity index (χ3n) is 5.96. The fourth-order valence-corrected chi connectivity index (χ4v) is 3.80. The molecular weight excluding hydrogens is 370 g/mol.